The highest BCUT2D eigenvalue weighted by atomic mass is 79.9. The Morgan fingerprint density at radius 2 is 2.12 bits per heavy atom. The first-order valence-corrected chi connectivity index (χ1v) is 7.07. The molecule has 0 radical (unpaired) electrons. The van der Waals surface area contributed by atoms with Crippen LogP contribution in [0.2, 0.25) is 0 Å². The zero-order valence-electron chi connectivity index (χ0n) is 9.03. The Labute approximate surface area is 103 Å². The minimum absolute atomic E-state index is 0.0985. The Bertz CT molecular complexity index is 308. The lowest BCUT2D eigenvalue weighted by molar-refractivity contribution is 0.158. The van der Waals surface area contributed by atoms with Crippen molar-refractivity contribution in [1.82, 2.24) is 9.44 Å². The molecule has 96 valence electrons. The van der Waals surface area contributed by atoms with Crippen molar-refractivity contribution in [3.63, 3.8) is 0 Å². The average molecular weight is 319 g/mol. The van der Waals surface area contributed by atoms with Gasteiger partial charge in [-0.3, -0.25) is 0 Å². The van der Waals surface area contributed by atoms with Crippen LogP contribution in [0, 0.1) is 0 Å². The van der Waals surface area contributed by atoms with Gasteiger partial charge in [-0.05, 0) is 6.92 Å². The Kier molecular flexibility index (Phi) is 7.64. The second-order valence-corrected chi connectivity index (χ2v) is 4.84. The maximum atomic E-state index is 11.4. The van der Waals surface area contributed by atoms with Gasteiger partial charge in [0.05, 0.1) is 19.3 Å². The number of carbonyl (C=O) groups is 1. The Morgan fingerprint density at radius 1 is 1.50 bits per heavy atom. The van der Waals surface area contributed by atoms with Gasteiger partial charge >= 0.3 is 16.3 Å². The summed E-state index contributed by atoms with van der Waals surface area (Å²) in [5.74, 6) is 0. The third-order valence-electron chi connectivity index (χ3n) is 1.37. The van der Waals surface area contributed by atoms with Crippen LogP contribution in [0.1, 0.15) is 6.92 Å². The highest BCUT2D eigenvalue weighted by Gasteiger charge is 2.19. The topological polar surface area (TPSA) is 93.7 Å². The van der Waals surface area contributed by atoms with Crippen molar-refractivity contribution in [3.8, 4) is 0 Å². The molecule has 16 heavy (non-hydrogen) atoms. The van der Waals surface area contributed by atoms with Gasteiger partial charge in [0.1, 0.15) is 0 Å². The molecule has 1 amide bonds. The SMILES string of the molecule is CCOC(=O)NS(=O)(=O)NC(CBr)COC. The zero-order chi connectivity index (χ0) is 12.6. The largest absolute Gasteiger partial charge is 0.449 e. The highest BCUT2D eigenvalue weighted by Crippen LogP contribution is 1.94. The van der Waals surface area contributed by atoms with Crippen LogP contribution in [0.3, 0.4) is 0 Å². The maximum absolute atomic E-state index is 11.4. The number of hydrogen-bond donors (Lipinski definition) is 2. The molecule has 0 heterocycles. The molecule has 0 spiro atoms. The zero-order valence-corrected chi connectivity index (χ0v) is 11.4. The van der Waals surface area contributed by atoms with E-state index in [0.29, 0.717) is 5.33 Å². The van der Waals surface area contributed by atoms with E-state index in [9.17, 15) is 13.2 Å². The molecule has 0 aromatic heterocycles. The van der Waals surface area contributed by atoms with E-state index in [1.165, 1.54) is 7.11 Å². The molecule has 0 aromatic carbocycles. The second kappa shape index (κ2) is 7.82. The van der Waals surface area contributed by atoms with Crippen molar-refractivity contribution in [3.05, 3.63) is 0 Å². The van der Waals surface area contributed by atoms with E-state index in [-0.39, 0.29) is 13.2 Å². The average Bonchev–Trinajstić information content (AvgIpc) is 2.16. The molecule has 7 nitrogen and oxygen atoms in total. The van der Waals surface area contributed by atoms with Gasteiger partial charge in [0.15, 0.2) is 0 Å². The first kappa shape index (κ1) is 15.6. The summed E-state index contributed by atoms with van der Waals surface area (Å²) < 4.78 is 35.9. The third kappa shape index (κ3) is 6.99. The van der Waals surface area contributed by atoms with Gasteiger partial charge in [0, 0.05) is 12.4 Å². The van der Waals surface area contributed by atoms with Crippen molar-refractivity contribution in [2.24, 2.45) is 0 Å². The molecule has 0 saturated carbocycles. The molecule has 9 heteroatoms. The van der Waals surface area contributed by atoms with Crippen LogP contribution in [0.15, 0.2) is 0 Å². The fraction of sp³-hybridized carbons (Fsp3) is 0.857. The van der Waals surface area contributed by atoms with Crippen molar-refractivity contribution in [2.75, 3.05) is 25.7 Å². The molecule has 0 bridgehead atoms. The summed E-state index contributed by atoms with van der Waals surface area (Å²) in [7, 11) is -2.47. The third-order valence-corrected chi connectivity index (χ3v) is 3.23. The van der Waals surface area contributed by atoms with E-state index in [4.69, 9.17) is 4.74 Å². The molecular weight excluding hydrogens is 304 g/mol. The van der Waals surface area contributed by atoms with Gasteiger partial charge in [-0.15, -0.1) is 0 Å². The van der Waals surface area contributed by atoms with Crippen molar-refractivity contribution >= 4 is 32.2 Å². The fourth-order valence-corrected chi connectivity index (χ4v) is 2.32. The first-order valence-electron chi connectivity index (χ1n) is 4.46. The predicted octanol–water partition coefficient (Wildman–Crippen LogP) is -0.0232. The molecule has 1 unspecified atom stereocenters. The lowest BCUT2D eigenvalue weighted by Crippen LogP contribution is -2.47. The van der Waals surface area contributed by atoms with Crippen LogP contribution in [0.4, 0.5) is 4.79 Å². The van der Waals surface area contributed by atoms with Crippen LogP contribution in [0.5, 0.6) is 0 Å². The number of amides is 1. The number of methoxy groups -OCH3 is 1. The van der Waals surface area contributed by atoms with Crippen LogP contribution in [0.25, 0.3) is 0 Å². The van der Waals surface area contributed by atoms with Crippen molar-refractivity contribution in [2.45, 2.75) is 13.0 Å². The molecule has 1 atom stereocenters. The van der Waals surface area contributed by atoms with E-state index in [2.05, 4.69) is 25.4 Å². The highest BCUT2D eigenvalue weighted by molar-refractivity contribution is 9.09. The quantitative estimate of drug-likeness (QED) is 0.643. The summed E-state index contributed by atoms with van der Waals surface area (Å²) in [6.07, 6.45) is -1.01. The molecule has 2 N–H and O–H groups in total. The second-order valence-electron chi connectivity index (χ2n) is 2.75. The normalized spacial score (nSPS) is 13.2. The molecular formula is C7H15BrN2O5S. The summed E-state index contributed by atoms with van der Waals surface area (Å²) in [6.45, 7) is 1.86. The van der Waals surface area contributed by atoms with Gasteiger partial charge in [-0.1, -0.05) is 15.9 Å². The van der Waals surface area contributed by atoms with Gasteiger partial charge in [-0.25, -0.2) is 9.52 Å². The summed E-state index contributed by atoms with van der Waals surface area (Å²) >= 11 is 3.12. The van der Waals surface area contributed by atoms with Gasteiger partial charge in [0.25, 0.3) is 0 Å². The number of ether oxygens (including phenoxy) is 2. The first-order chi connectivity index (χ1) is 7.45. The number of rotatable bonds is 7. The van der Waals surface area contributed by atoms with Gasteiger partial charge in [-0.2, -0.15) is 13.1 Å². The molecule has 0 aliphatic rings. The Hall–Kier alpha value is -0.380. The van der Waals surface area contributed by atoms with E-state index in [0.717, 1.165) is 0 Å². The van der Waals surface area contributed by atoms with Gasteiger partial charge < -0.3 is 9.47 Å². The van der Waals surface area contributed by atoms with Crippen LogP contribution in [-0.4, -0.2) is 46.2 Å². The predicted molar refractivity (Wildman–Crippen MR) is 61.7 cm³/mol. The standard InChI is InChI=1S/C7H15BrN2O5S/c1-3-15-7(11)10-16(12,13)9-6(4-8)5-14-2/h6,9H,3-5H2,1-2H3,(H,10,11). The molecule has 0 aromatic rings. The monoisotopic (exact) mass is 318 g/mol. The fourth-order valence-electron chi connectivity index (χ4n) is 0.830. The minimum atomic E-state index is -3.92. The summed E-state index contributed by atoms with van der Waals surface area (Å²) in [6, 6.07) is -0.461. The summed E-state index contributed by atoms with van der Waals surface area (Å²) in [5.41, 5.74) is 0. The van der Waals surface area contributed by atoms with Gasteiger partial charge in [0.2, 0.25) is 0 Å². The maximum Gasteiger partial charge on any atom is 0.421 e. The molecule has 0 rings (SSSR count). The minimum Gasteiger partial charge on any atom is -0.449 e. The number of halogens is 1. The smallest absolute Gasteiger partial charge is 0.421 e. The summed E-state index contributed by atoms with van der Waals surface area (Å²) in [5, 5.41) is 0.366. The molecule has 0 aliphatic carbocycles. The van der Waals surface area contributed by atoms with Crippen LogP contribution < -0.4 is 9.44 Å². The Balaban J connectivity index is 4.27. The molecule has 0 saturated heterocycles. The van der Waals surface area contributed by atoms with Crippen molar-refractivity contribution < 1.29 is 22.7 Å². The van der Waals surface area contributed by atoms with Crippen LogP contribution in [-0.2, 0) is 19.7 Å². The lowest BCUT2D eigenvalue weighted by Gasteiger charge is -2.15. The van der Waals surface area contributed by atoms with E-state index in [1.54, 1.807) is 11.6 Å². The van der Waals surface area contributed by atoms with E-state index in [1.807, 2.05) is 0 Å². The van der Waals surface area contributed by atoms with Crippen molar-refractivity contribution in [1.29, 1.82) is 0 Å². The van der Waals surface area contributed by atoms with Crippen LogP contribution >= 0.6 is 15.9 Å². The number of nitrogens with one attached hydrogen (secondary N) is 2. The summed E-state index contributed by atoms with van der Waals surface area (Å²) in [4.78, 5) is 10.9. The number of hydrogen-bond acceptors (Lipinski definition) is 5. The molecule has 0 fully saturated rings. The van der Waals surface area contributed by atoms with E-state index >= 15 is 0 Å². The van der Waals surface area contributed by atoms with E-state index < -0.39 is 22.3 Å². The molecule has 0 aliphatic heterocycles. The number of alkyl halides is 1. The lowest BCUT2D eigenvalue weighted by atomic mass is 10.4. The number of carbonyl (C=O) groups excluding carboxylic acids is 1. The Morgan fingerprint density at radius 3 is 2.56 bits per heavy atom.